The van der Waals surface area contributed by atoms with Crippen molar-refractivity contribution in [2.24, 2.45) is 11.8 Å². The van der Waals surface area contributed by atoms with Crippen LogP contribution in [0.4, 0.5) is 0 Å². The summed E-state index contributed by atoms with van der Waals surface area (Å²) in [6.07, 6.45) is 10.7. The Morgan fingerprint density at radius 3 is 1.95 bits per heavy atom. The van der Waals surface area contributed by atoms with Crippen molar-refractivity contribution >= 4 is 24.4 Å². The first-order chi connectivity index (χ1) is 20.8. The molecule has 5 nitrogen and oxygen atoms in total. The van der Waals surface area contributed by atoms with Crippen LogP contribution < -0.4 is 14.4 Å². The number of rotatable bonds is 19. The monoisotopic (exact) mass is 624 g/mol. The van der Waals surface area contributed by atoms with Gasteiger partial charge in [-0.25, -0.2) is 4.79 Å². The Balaban J connectivity index is 1.45. The Kier molecular flexibility index (Phi) is 15.5. The number of esters is 1. The Bertz CT molecular complexity index is 1240. The Morgan fingerprint density at radius 1 is 0.721 bits per heavy atom. The third-order valence-electron chi connectivity index (χ3n) is 7.99. The highest BCUT2D eigenvalue weighted by Gasteiger charge is 2.15. The zero-order chi connectivity index (χ0) is 31.0. The van der Waals surface area contributed by atoms with E-state index in [-0.39, 0.29) is 0 Å². The molecule has 4 atom stereocenters. The number of carbonyl (C=O) groups excluding carboxylic acids is 1. The SMILES string of the molecule is Cc1c(OOCc2ccc(CCC(C)CCCP)cc2)ccc(OC(=O)c2ccc(OCCC(C)CCCP)cc2)c1C. The molecule has 0 amide bonds. The van der Waals surface area contributed by atoms with E-state index in [0.717, 1.165) is 47.4 Å². The molecule has 0 fully saturated rings. The second kappa shape index (κ2) is 19.0. The maximum atomic E-state index is 12.8. The van der Waals surface area contributed by atoms with Crippen molar-refractivity contribution in [3.8, 4) is 17.2 Å². The summed E-state index contributed by atoms with van der Waals surface area (Å²) in [5.74, 6) is 2.82. The fraction of sp³-hybridized carbons (Fsp3) is 0.472. The summed E-state index contributed by atoms with van der Waals surface area (Å²) < 4.78 is 11.6. The van der Waals surface area contributed by atoms with Gasteiger partial charge in [-0.2, -0.15) is 4.89 Å². The van der Waals surface area contributed by atoms with Gasteiger partial charge in [0.25, 0.3) is 0 Å². The van der Waals surface area contributed by atoms with Gasteiger partial charge in [-0.3, -0.25) is 0 Å². The highest BCUT2D eigenvalue weighted by atomic mass is 31.0. The maximum absolute atomic E-state index is 12.8. The summed E-state index contributed by atoms with van der Waals surface area (Å²) in [5.41, 5.74) is 4.55. The van der Waals surface area contributed by atoms with Crippen molar-refractivity contribution in [2.75, 3.05) is 18.9 Å². The highest BCUT2D eigenvalue weighted by Crippen LogP contribution is 2.30. The lowest BCUT2D eigenvalue weighted by Gasteiger charge is -2.14. The number of benzene rings is 3. The van der Waals surface area contributed by atoms with Gasteiger partial charge < -0.3 is 14.4 Å². The summed E-state index contributed by atoms with van der Waals surface area (Å²) in [7, 11) is 5.59. The van der Waals surface area contributed by atoms with E-state index in [4.69, 9.17) is 19.2 Å². The zero-order valence-electron chi connectivity index (χ0n) is 26.4. The number of carbonyl (C=O) groups is 1. The lowest BCUT2D eigenvalue weighted by atomic mass is 9.97. The van der Waals surface area contributed by atoms with Gasteiger partial charge in [0.15, 0.2) is 5.75 Å². The molecule has 0 bridgehead atoms. The van der Waals surface area contributed by atoms with Gasteiger partial charge in [-0.1, -0.05) is 51.0 Å². The van der Waals surface area contributed by atoms with Crippen molar-refractivity contribution in [1.29, 1.82) is 0 Å². The summed E-state index contributed by atoms with van der Waals surface area (Å²) in [6, 6.07) is 19.2. The van der Waals surface area contributed by atoms with E-state index in [0.29, 0.717) is 36.2 Å². The van der Waals surface area contributed by atoms with Crippen LogP contribution in [0, 0.1) is 25.7 Å². The minimum absolute atomic E-state index is 0.344. The maximum Gasteiger partial charge on any atom is 0.343 e. The third-order valence-corrected chi connectivity index (χ3v) is 8.80. The summed E-state index contributed by atoms with van der Waals surface area (Å²) in [5, 5.41) is 0. The van der Waals surface area contributed by atoms with Crippen LogP contribution in [-0.2, 0) is 17.9 Å². The number of hydrogen-bond acceptors (Lipinski definition) is 5. The highest BCUT2D eigenvalue weighted by molar-refractivity contribution is 7.16. The molecule has 234 valence electrons. The largest absolute Gasteiger partial charge is 0.494 e. The lowest BCUT2D eigenvalue weighted by Crippen LogP contribution is -2.10. The van der Waals surface area contributed by atoms with Gasteiger partial charge in [-0.15, -0.1) is 18.5 Å². The number of aryl methyl sites for hydroxylation is 1. The summed E-state index contributed by atoms with van der Waals surface area (Å²) >= 11 is 0. The zero-order valence-corrected chi connectivity index (χ0v) is 28.7. The molecule has 3 rings (SSSR count). The minimum atomic E-state index is -0.414. The number of hydrogen-bond donors (Lipinski definition) is 0. The van der Waals surface area contributed by atoms with E-state index in [1.807, 2.05) is 26.0 Å². The molecule has 0 aliphatic heterocycles. The van der Waals surface area contributed by atoms with Gasteiger partial charge in [-0.05, 0) is 123 Å². The fourth-order valence-corrected chi connectivity index (χ4v) is 5.26. The quantitative estimate of drug-likeness (QED) is 0.0437. The lowest BCUT2D eigenvalue weighted by molar-refractivity contribution is -0.218. The van der Waals surface area contributed by atoms with E-state index in [9.17, 15) is 4.79 Å². The van der Waals surface area contributed by atoms with Crippen molar-refractivity contribution < 1.29 is 24.0 Å². The first-order valence-electron chi connectivity index (χ1n) is 15.6. The first-order valence-corrected chi connectivity index (χ1v) is 17.3. The predicted molar refractivity (Wildman–Crippen MR) is 184 cm³/mol. The van der Waals surface area contributed by atoms with Crippen LogP contribution >= 0.6 is 18.5 Å². The van der Waals surface area contributed by atoms with Gasteiger partial charge in [0.2, 0.25) is 0 Å². The fourth-order valence-electron chi connectivity index (χ4n) is 4.79. The molecular weight excluding hydrogens is 574 g/mol. The molecule has 4 unspecified atom stereocenters. The molecule has 0 saturated heterocycles. The van der Waals surface area contributed by atoms with E-state index >= 15 is 0 Å². The Hall–Kier alpha value is -2.45. The molecule has 3 aromatic carbocycles. The van der Waals surface area contributed by atoms with Gasteiger partial charge in [0, 0.05) is 5.56 Å². The molecular formula is C36H50O5P2. The molecule has 0 spiro atoms. The van der Waals surface area contributed by atoms with Crippen molar-refractivity contribution in [3.63, 3.8) is 0 Å². The van der Waals surface area contributed by atoms with Crippen LogP contribution in [0.25, 0.3) is 0 Å². The Labute approximate surface area is 263 Å². The van der Waals surface area contributed by atoms with Gasteiger partial charge >= 0.3 is 5.97 Å². The van der Waals surface area contributed by atoms with E-state index in [2.05, 4.69) is 56.6 Å². The minimum Gasteiger partial charge on any atom is -0.494 e. The summed E-state index contributed by atoms with van der Waals surface area (Å²) in [4.78, 5) is 24.0. The van der Waals surface area contributed by atoms with Crippen LogP contribution in [0.2, 0.25) is 0 Å². The van der Waals surface area contributed by atoms with Crippen molar-refractivity contribution in [2.45, 2.75) is 79.2 Å². The van der Waals surface area contributed by atoms with Crippen LogP contribution in [0.1, 0.15) is 85.0 Å². The molecule has 0 saturated carbocycles. The second-order valence-corrected chi connectivity index (χ2v) is 12.8. The molecule has 7 heteroatoms. The van der Waals surface area contributed by atoms with E-state index in [1.165, 1.54) is 43.8 Å². The molecule has 0 N–H and O–H groups in total. The van der Waals surface area contributed by atoms with Crippen molar-refractivity contribution in [1.82, 2.24) is 0 Å². The molecule has 0 aliphatic carbocycles. The van der Waals surface area contributed by atoms with Crippen LogP contribution in [-0.4, -0.2) is 24.9 Å². The van der Waals surface area contributed by atoms with Crippen molar-refractivity contribution in [3.05, 3.63) is 88.5 Å². The molecule has 43 heavy (non-hydrogen) atoms. The molecule has 0 heterocycles. The van der Waals surface area contributed by atoms with Crippen LogP contribution in [0.3, 0.4) is 0 Å². The first kappa shape index (κ1) is 35.0. The molecule has 0 radical (unpaired) electrons. The topological polar surface area (TPSA) is 54.0 Å². The Morgan fingerprint density at radius 2 is 1.30 bits per heavy atom. The van der Waals surface area contributed by atoms with E-state index in [1.54, 1.807) is 24.3 Å². The molecule has 0 aliphatic rings. The predicted octanol–water partition coefficient (Wildman–Crippen LogP) is 9.32. The second-order valence-electron chi connectivity index (χ2n) is 11.6. The average molecular weight is 625 g/mol. The van der Waals surface area contributed by atoms with Gasteiger partial charge in [0.05, 0.1) is 12.2 Å². The molecule has 3 aromatic rings. The average Bonchev–Trinajstić information content (AvgIpc) is 3.02. The number of ether oxygens (including phenoxy) is 2. The van der Waals surface area contributed by atoms with Gasteiger partial charge in [0.1, 0.15) is 18.1 Å². The van der Waals surface area contributed by atoms with Crippen LogP contribution in [0.5, 0.6) is 17.2 Å². The standard InChI is InChI=1S/C36H50O5P2/c1-26(7-5-23-42)9-10-30-11-13-31(14-12-30)25-39-41-35-20-19-34(28(3)29(35)4)40-36(37)32-15-17-33(18-16-32)38-22-21-27(2)8-6-24-43/h11-20,26-27H,5-10,21-25,42-43H2,1-4H3. The molecule has 0 aromatic heterocycles. The smallest absolute Gasteiger partial charge is 0.343 e. The third kappa shape index (κ3) is 12.2. The normalized spacial score (nSPS) is 12.5. The summed E-state index contributed by atoms with van der Waals surface area (Å²) in [6.45, 7) is 9.44. The van der Waals surface area contributed by atoms with Crippen LogP contribution in [0.15, 0.2) is 60.7 Å². The van der Waals surface area contributed by atoms with E-state index < -0.39 is 5.97 Å².